The molecule has 2 nitrogen and oxygen atoms in total. The van der Waals surface area contributed by atoms with Crippen LogP contribution < -0.4 is 4.74 Å². The van der Waals surface area contributed by atoms with Gasteiger partial charge in [0.15, 0.2) is 11.5 Å². The van der Waals surface area contributed by atoms with E-state index in [-0.39, 0.29) is 11.2 Å². The molecule has 2 aromatic carbocycles. The van der Waals surface area contributed by atoms with Crippen molar-refractivity contribution in [2.75, 3.05) is 0 Å². The summed E-state index contributed by atoms with van der Waals surface area (Å²) < 4.78 is 5.76. The SMILES string of the molecule is Cc1cccc(O)c1Oc1ccc(C(C)(C)C)cc1. The maximum Gasteiger partial charge on any atom is 0.171 e. The predicted molar refractivity (Wildman–Crippen MR) is 78.1 cm³/mol. The molecule has 19 heavy (non-hydrogen) atoms. The van der Waals surface area contributed by atoms with Gasteiger partial charge in [0, 0.05) is 0 Å². The van der Waals surface area contributed by atoms with Crippen LogP contribution in [-0.4, -0.2) is 5.11 Å². The Labute approximate surface area is 114 Å². The molecule has 0 saturated carbocycles. The van der Waals surface area contributed by atoms with Gasteiger partial charge in [0.2, 0.25) is 0 Å². The highest BCUT2D eigenvalue weighted by molar-refractivity contribution is 5.47. The molecule has 0 aliphatic heterocycles. The van der Waals surface area contributed by atoms with Crippen LogP contribution >= 0.6 is 0 Å². The van der Waals surface area contributed by atoms with Crippen LogP contribution in [0.3, 0.4) is 0 Å². The first kappa shape index (κ1) is 13.5. The van der Waals surface area contributed by atoms with Crippen LogP contribution in [0.15, 0.2) is 42.5 Å². The third-order valence-corrected chi connectivity index (χ3v) is 3.13. The van der Waals surface area contributed by atoms with E-state index in [1.165, 1.54) is 5.56 Å². The maximum atomic E-state index is 9.81. The van der Waals surface area contributed by atoms with Gasteiger partial charge in [0.1, 0.15) is 5.75 Å². The van der Waals surface area contributed by atoms with Gasteiger partial charge >= 0.3 is 0 Å². The van der Waals surface area contributed by atoms with Gasteiger partial charge in [0.25, 0.3) is 0 Å². The monoisotopic (exact) mass is 256 g/mol. The fourth-order valence-corrected chi connectivity index (χ4v) is 1.91. The molecular weight excluding hydrogens is 236 g/mol. The Kier molecular flexibility index (Phi) is 3.52. The number of phenols is 1. The lowest BCUT2D eigenvalue weighted by molar-refractivity contribution is 0.408. The van der Waals surface area contributed by atoms with Crippen molar-refractivity contribution in [2.24, 2.45) is 0 Å². The predicted octanol–water partition coefficient (Wildman–Crippen LogP) is 4.79. The summed E-state index contributed by atoms with van der Waals surface area (Å²) in [4.78, 5) is 0. The quantitative estimate of drug-likeness (QED) is 0.837. The summed E-state index contributed by atoms with van der Waals surface area (Å²) in [5.74, 6) is 1.42. The number of aromatic hydroxyl groups is 1. The summed E-state index contributed by atoms with van der Waals surface area (Å²) in [6.07, 6.45) is 0. The molecule has 100 valence electrons. The van der Waals surface area contributed by atoms with Gasteiger partial charge in [-0.05, 0) is 41.7 Å². The molecule has 0 unspecified atom stereocenters. The lowest BCUT2D eigenvalue weighted by Crippen LogP contribution is -2.10. The second-order valence-corrected chi connectivity index (χ2v) is 5.80. The Morgan fingerprint density at radius 3 is 2.11 bits per heavy atom. The summed E-state index contributed by atoms with van der Waals surface area (Å²) in [6, 6.07) is 13.3. The van der Waals surface area contributed by atoms with Gasteiger partial charge in [0.05, 0.1) is 0 Å². The molecule has 0 bridgehead atoms. The molecule has 0 fully saturated rings. The van der Waals surface area contributed by atoms with Gasteiger partial charge in [-0.15, -0.1) is 0 Å². The second kappa shape index (κ2) is 4.96. The Morgan fingerprint density at radius 2 is 1.58 bits per heavy atom. The lowest BCUT2D eigenvalue weighted by Gasteiger charge is -2.19. The molecule has 0 aromatic heterocycles. The summed E-state index contributed by atoms with van der Waals surface area (Å²) in [6.45, 7) is 8.45. The van der Waals surface area contributed by atoms with Crippen LogP contribution in [0.4, 0.5) is 0 Å². The van der Waals surface area contributed by atoms with Crippen LogP contribution in [0, 0.1) is 6.92 Å². The van der Waals surface area contributed by atoms with Crippen molar-refractivity contribution in [1.29, 1.82) is 0 Å². The second-order valence-electron chi connectivity index (χ2n) is 5.80. The largest absolute Gasteiger partial charge is 0.504 e. The molecule has 0 aliphatic carbocycles. The zero-order valence-corrected chi connectivity index (χ0v) is 11.9. The van der Waals surface area contributed by atoms with Gasteiger partial charge in [-0.3, -0.25) is 0 Å². The summed E-state index contributed by atoms with van der Waals surface area (Å²) in [5.41, 5.74) is 2.30. The molecule has 0 heterocycles. The van der Waals surface area contributed by atoms with E-state index in [0.29, 0.717) is 5.75 Å². The van der Waals surface area contributed by atoms with Crippen molar-refractivity contribution < 1.29 is 9.84 Å². The Hall–Kier alpha value is -1.96. The highest BCUT2D eigenvalue weighted by Gasteiger charge is 2.13. The third-order valence-electron chi connectivity index (χ3n) is 3.13. The van der Waals surface area contributed by atoms with E-state index < -0.39 is 0 Å². The van der Waals surface area contributed by atoms with Gasteiger partial charge < -0.3 is 9.84 Å². The number of hydrogen-bond acceptors (Lipinski definition) is 2. The van der Waals surface area contributed by atoms with Gasteiger partial charge in [-0.2, -0.15) is 0 Å². The average Bonchev–Trinajstić information content (AvgIpc) is 2.33. The van der Waals surface area contributed by atoms with E-state index in [2.05, 4.69) is 32.9 Å². The van der Waals surface area contributed by atoms with Crippen molar-refractivity contribution in [3.8, 4) is 17.2 Å². The van der Waals surface area contributed by atoms with E-state index in [1.807, 2.05) is 25.1 Å². The minimum absolute atomic E-state index is 0.128. The average molecular weight is 256 g/mol. The molecule has 0 aliphatic rings. The van der Waals surface area contributed by atoms with Crippen LogP contribution in [0.2, 0.25) is 0 Å². The number of benzene rings is 2. The van der Waals surface area contributed by atoms with Gasteiger partial charge in [-0.1, -0.05) is 45.0 Å². The lowest BCUT2D eigenvalue weighted by atomic mass is 9.87. The van der Waals surface area contributed by atoms with E-state index in [4.69, 9.17) is 4.74 Å². The van der Waals surface area contributed by atoms with E-state index in [1.54, 1.807) is 12.1 Å². The van der Waals surface area contributed by atoms with Crippen LogP contribution in [0.5, 0.6) is 17.2 Å². The number of ether oxygens (including phenoxy) is 1. The molecular formula is C17H20O2. The van der Waals surface area contributed by atoms with Crippen molar-refractivity contribution in [1.82, 2.24) is 0 Å². The molecule has 1 N–H and O–H groups in total. The fraction of sp³-hybridized carbons (Fsp3) is 0.294. The first-order valence-electron chi connectivity index (χ1n) is 6.45. The first-order valence-corrected chi connectivity index (χ1v) is 6.45. The molecule has 2 aromatic rings. The smallest absolute Gasteiger partial charge is 0.171 e. The molecule has 2 heteroatoms. The number of para-hydroxylation sites is 1. The zero-order valence-electron chi connectivity index (χ0n) is 11.9. The van der Waals surface area contributed by atoms with Crippen LogP contribution in [0.1, 0.15) is 31.9 Å². The molecule has 2 rings (SSSR count). The highest BCUT2D eigenvalue weighted by atomic mass is 16.5. The first-order chi connectivity index (χ1) is 8.88. The number of aryl methyl sites for hydroxylation is 1. The van der Waals surface area contributed by atoms with Crippen LogP contribution in [0.25, 0.3) is 0 Å². The third kappa shape index (κ3) is 3.08. The minimum Gasteiger partial charge on any atom is -0.504 e. The molecule has 0 saturated heterocycles. The Morgan fingerprint density at radius 1 is 0.947 bits per heavy atom. The van der Waals surface area contributed by atoms with Crippen molar-refractivity contribution in [3.63, 3.8) is 0 Å². The normalized spacial score (nSPS) is 11.4. The molecule has 0 atom stereocenters. The summed E-state index contributed by atoms with van der Waals surface area (Å²) >= 11 is 0. The number of rotatable bonds is 2. The van der Waals surface area contributed by atoms with Crippen molar-refractivity contribution >= 4 is 0 Å². The number of hydrogen-bond donors (Lipinski definition) is 1. The number of phenolic OH excluding ortho intramolecular Hbond substituents is 1. The Balaban J connectivity index is 2.25. The molecule has 0 radical (unpaired) electrons. The summed E-state index contributed by atoms with van der Waals surface area (Å²) in [5, 5.41) is 9.81. The highest BCUT2D eigenvalue weighted by Crippen LogP contribution is 2.34. The van der Waals surface area contributed by atoms with Crippen molar-refractivity contribution in [3.05, 3.63) is 53.6 Å². The van der Waals surface area contributed by atoms with Gasteiger partial charge in [-0.25, -0.2) is 0 Å². The Bertz CT molecular complexity index is 543. The van der Waals surface area contributed by atoms with E-state index in [9.17, 15) is 5.11 Å². The maximum absolute atomic E-state index is 9.81. The fourth-order valence-electron chi connectivity index (χ4n) is 1.91. The van der Waals surface area contributed by atoms with E-state index >= 15 is 0 Å². The molecule has 0 amide bonds. The van der Waals surface area contributed by atoms with Crippen molar-refractivity contribution in [2.45, 2.75) is 33.1 Å². The van der Waals surface area contributed by atoms with E-state index in [0.717, 1.165) is 11.3 Å². The minimum atomic E-state index is 0.128. The van der Waals surface area contributed by atoms with Crippen LogP contribution in [-0.2, 0) is 5.41 Å². The standard InChI is InChI=1S/C17H20O2/c1-12-6-5-7-15(18)16(12)19-14-10-8-13(9-11-14)17(2,3)4/h5-11,18H,1-4H3. The summed E-state index contributed by atoms with van der Waals surface area (Å²) in [7, 11) is 0. The molecule has 0 spiro atoms. The zero-order chi connectivity index (χ0) is 14.0. The topological polar surface area (TPSA) is 29.5 Å².